The Hall–Kier alpha value is -1.69. The smallest absolute Gasteiger partial charge is 0.319 e. The summed E-state index contributed by atoms with van der Waals surface area (Å²) in [6.07, 6.45) is 7.02. The van der Waals surface area contributed by atoms with Crippen molar-refractivity contribution >= 4 is 52.2 Å². The van der Waals surface area contributed by atoms with Gasteiger partial charge in [0.1, 0.15) is 0 Å². The van der Waals surface area contributed by atoms with Gasteiger partial charge in [-0.1, -0.05) is 53.7 Å². The number of urea groups is 1. The van der Waals surface area contributed by atoms with Crippen LogP contribution in [-0.4, -0.2) is 23.1 Å². The Balaban J connectivity index is 1.66. The van der Waals surface area contributed by atoms with Gasteiger partial charge in [0.05, 0.1) is 21.8 Å². The summed E-state index contributed by atoms with van der Waals surface area (Å²) in [6.45, 7) is 0. The molecule has 5 nitrogen and oxygen atoms in total. The topological polar surface area (TPSA) is 66.1 Å². The molecule has 0 spiro atoms. The molecule has 0 aliphatic heterocycles. The van der Waals surface area contributed by atoms with Gasteiger partial charge >= 0.3 is 6.03 Å². The Morgan fingerprint density at radius 1 is 1.04 bits per heavy atom. The van der Waals surface area contributed by atoms with Gasteiger partial charge in [0.15, 0.2) is 0 Å². The van der Waals surface area contributed by atoms with Crippen LogP contribution < -0.4 is 16.0 Å². The first kappa shape index (κ1) is 19.1. The number of hydrogen-bond donors (Lipinski definition) is 3. The number of carbonyl (C=O) groups is 1. The molecule has 0 bridgehead atoms. The molecule has 2 atom stereocenters. The fourth-order valence-corrected chi connectivity index (χ4v) is 3.78. The van der Waals surface area contributed by atoms with Gasteiger partial charge in [0, 0.05) is 29.1 Å². The van der Waals surface area contributed by atoms with Gasteiger partial charge in [-0.25, -0.2) is 4.79 Å². The van der Waals surface area contributed by atoms with Gasteiger partial charge in [-0.05, 0) is 31.0 Å². The first-order valence-corrected chi connectivity index (χ1v) is 9.55. The summed E-state index contributed by atoms with van der Waals surface area (Å²) < 4.78 is 0. The number of carbonyl (C=O) groups excluding carboxylic acids is 1. The van der Waals surface area contributed by atoms with E-state index in [2.05, 4.69) is 20.9 Å². The average Bonchev–Trinajstić information content (AvgIpc) is 2.59. The second-order valence-corrected chi connectivity index (χ2v) is 7.48. The van der Waals surface area contributed by atoms with E-state index >= 15 is 0 Å². The second kappa shape index (κ2) is 8.80. The molecule has 1 aliphatic rings. The Morgan fingerprint density at radius 3 is 2.42 bits per heavy atom. The van der Waals surface area contributed by atoms with E-state index in [0.29, 0.717) is 26.4 Å². The zero-order valence-electron chi connectivity index (χ0n) is 13.9. The van der Waals surface area contributed by atoms with Crippen LogP contribution in [0.1, 0.15) is 25.7 Å². The molecule has 1 aliphatic carbocycles. The third kappa shape index (κ3) is 4.93. The predicted molar refractivity (Wildman–Crippen MR) is 108 cm³/mol. The highest BCUT2D eigenvalue weighted by atomic mass is 35.5. The van der Waals surface area contributed by atoms with E-state index in [1.165, 1.54) is 0 Å². The standard InChI is InChI=1S/C18H19Cl3N4O/c19-11-4-3-5-12(8-11)23-18(26)25-16-7-2-1-6-15(16)24-17-13(20)9-22-10-14(17)21/h3-5,8-10,15-16H,1-2,6-7H2,(H,22,24)(H2,23,25,26)/t15-,16+/m1/s1. The van der Waals surface area contributed by atoms with Crippen LogP contribution in [0.25, 0.3) is 0 Å². The van der Waals surface area contributed by atoms with E-state index in [9.17, 15) is 4.79 Å². The van der Waals surface area contributed by atoms with Crippen molar-refractivity contribution in [1.82, 2.24) is 10.3 Å². The molecule has 26 heavy (non-hydrogen) atoms. The summed E-state index contributed by atoms with van der Waals surface area (Å²) in [4.78, 5) is 16.3. The number of anilines is 2. The van der Waals surface area contributed by atoms with Crippen molar-refractivity contribution in [2.24, 2.45) is 0 Å². The van der Waals surface area contributed by atoms with Crippen molar-refractivity contribution in [1.29, 1.82) is 0 Å². The fraction of sp³-hybridized carbons (Fsp3) is 0.333. The quantitative estimate of drug-likeness (QED) is 0.612. The number of hydrogen-bond acceptors (Lipinski definition) is 3. The number of benzene rings is 1. The molecular formula is C18H19Cl3N4O. The van der Waals surface area contributed by atoms with Gasteiger partial charge in [0.2, 0.25) is 0 Å². The SMILES string of the molecule is O=C(Nc1cccc(Cl)c1)N[C@H]1CCCC[C@H]1Nc1c(Cl)cncc1Cl. The highest BCUT2D eigenvalue weighted by Gasteiger charge is 2.27. The van der Waals surface area contributed by atoms with Crippen LogP contribution in [0.2, 0.25) is 15.1 Å². The number of halogens is 3. The predicted octanol–water partition coefficient (Wildman–Crippen LogP) is 5.59. The van der Waals surface area contributed by atoms with Crippen LogP contribution in [0.4, 0.5) is 16.2 Å². The molecule has 3 rings (SSSR count). The monoisotopic (exact) mass is 412 g/mol. The van der Waals surface area contributed by atoms with Crippen LogP contribution in [0.3, 0.4) is 0 Å². The molecule has 1 fully saturated rings. The van der Waals surface area contributed by atoms with Gasteiger partial charge in [-0.15, -0.1) is 0 Å². The van der Waals surface area contributed by atoms with E-state index in [-0.39, 0.29) is 18.1 Å². The molecular weight excluding hydrogens is 395 g/mol. The van der Waals surface area contributed by atoms with Crippen molar-refractivity contribution in [3.63, 3.8) is 0 Å². The largest absolute Gasteiger partial charge is 0.378 e. The number of pyridine rings is 1. The van der Waals surface area contributed by atoms with Gasteiger partial charge in [0.25, 0.3) is 0 Å². The minimum Gasteiger partial charge on any atom is -0.378 e. The first-order valence-electron chi connectivity index (χ1n) is 8.41. The lowest BCUT2D eigenvalue weighted by molar-refractivity contribution is 0.242. The maximum atomic E-state index is 12.4. The molecule has 1 heterocycles. The molecule has 0 saturated heterocycles. The molecule has 138 valence electrons. The number of aromatic nitrogens is 1. The summed E-state index contributed by atoms with van der Waals surface area (Å²) in [5, 5.41) is 10.7. The van der Waals surface area contributed by atoms with E-state index in [1.54, 1.807) is 36.7 Å². The highest BCUT2D eigenvalue weighted by molar-refractivity contribution is 6.38. The number of amides is 2. The van der Waals surface area contributed by atoms with Crippen molar-refractivity contribution in [3.8, 4) is 0 Å². The summed E-state index contributed by atoms with van der Waals surface area (Å²) >= 11 is 18.4. The molecule has 2 aromatic rings. The minimum absolute atomic E-state index is 0.0336. The van der Waals surface area contributed by atoms with Gasteiger partial charge in [-0.2, -0.15) is 0 Å². The van der Waals surface area contributed by atoms with Crippen molar-refractivity contribution in [2.45, 2.75) is 37.8 Å². The van der Waals surface area contributed by atoms with Crippen molar-refractivity contribution < 1.29 is 4.79 Å². The van der Waals surface area contributed by atoms with Crippen LogP contribution in [0.5, 0.6) is 0 Å². The minimum atomic E-state index is -0.266. The Morgan fingerprint density at radius 2 is 1.73 bits per heavy atom. The molecule has 1 saturated carbocycles. The van der Waals surface area contributed by atoms with E-state index < -0.39 is 0 Å². The zero-order valence-corrected chi connectivity index (χ0v) is 16.2. The number of nitrogens with one attached hydrogen (secondary N) is 3. The molecule has 8 heteroatoms. The average molecular weight is 414 g/mol. The Labute approximate surface area is 167 Å². The molecule has 1 aromatic heterocycles. The molecule has 3 N–H and O–H groups in total. The third-order valence-corrected chi connectivity index (χ3v) is 5.16. The zero-order chi connectivity index (χ0) is 18.5. The highest BCUT2D eigenvalue weighted by Crippen LogP contribution is 2.32. The second-order valence-electron chi connectivity index (χ2n) is 6.23. The lowest BCUT2D eigenvalue weighted by Crippen LogP contribution is -2.49. The van der Waals surface area contributed by atoms with Gasteiger partial charge < -0.3 is 16.0 Å². The van der Waals surface area contributed by atoms with Crippen molar-refractivity contribution in [2.75, 3.05) is 10.6 Å². The summed E-state index contributed by atoms with van der Waals surface area (Å²) in [5.41, 5.74) is 1.30. The molecule has 1 aromatic carbocycles. The Bertz CT molecular complexity index is 767. The van der Waals surface area contributed by atoms with E-state index in [0.717, 1.165) is 25.7 Å². The maximum absolute atomic E-state index is 12.4. The third-order valence-electron chi connectivity index (χ3n) is 4.35. The van der Waals surface area contributed by atoms with Crippen molar-refractivity contribution in [3.05, 3.63) is 51.7 Å². The first-order chi connectivity index (χ1) is 12.5. The van der Waals surface area contributed by atoms with Crippen LogP contribution in [-0.2, 0) is 0 Å². The summed E-state index contributed by atoms with van der Waals surface area (Å²) in [6, 6.07) is 6.77. The lowest BCUT2D eigenvalue weighted by atomic mass is 9.90. The number of nitrogens with zero attached hydrogens (tertiary/aromatic N) is 1. The molecule has 0 unspecified atom stereocenters. The fourth-order valence-electron chi connectivity index (χ4n) is 3.11. The molecule has 0 radical (unpaired) electrons. The lowest BCUT2D eigenvalue weighted by Gasteiger charge is -2.33. The van der Waals surface area contributed by atoms with Crippen LogP contribution in [0, 0.1) is 0 Å². The maximum Gasteiger partial charge on any atom is 0.319 e. The number of rotatable bonds is 4. The summed E-state index contributed by atoms with van der Waals surface area (Å²) in [5.74, 6) is 0. The summed E-state index contributed by atoms with van der Waals surface area (Å²) in [7, 11) is 0. The molecule has 2 amide bonds. The Kier molecular flexibility index (Phi) is 6.46. The van der Waals surface area contributed by atoms with E-state index in [4.69, 9.17) is 34.8 Å². The van der Waals surface area contributed by atoms with Crippen LogP contribution >= 0.6 is 34.8 Å². The van der Waals surface area contributed by atoms with Gasteiger partial charge in [-0.3, -0.25) is 4.98 Å². The van der Waals surface area contributed by atoms with E-state index in [1.807, 2.05) is 0 Å². The van der Waals surface area contributed by atoms with Crippen LogP contribution in [0.15, 0.2) is 36.7 Å². The normalized spacial score (nSPS) is 19.7.